The van der Waals surface area contributed by atoms with Gasteiger partial charge in [0.15, 0.2) is 0 Å². The summed E-state index contributed by atoms with van der Waals surface area (Å²) in [6, 6.07) is 0. The molecule has 3 heteroatoms. The molecule has 0 aliphatic rings. The maximum atomic E-state index is 11.8. The Kier molecular flexibility index (Phi) is 5.72. The average molecular weight is 281 g/mol. The van der Waals surface area contributed by atoms with Crippen LogP contribution in [0.1, 0.15) is 58.9 Å². The molecule has 0 aliphatic heterocycles. The van der Waals surface area contributed by atoms with E-state index < -0.39 is 0 Å². The Hall–Kier alpha value is -0.700. The van der Waals surface area contributed by atoms with Crippen LogP contribution in [0, 0.1) is 9.93 Å². The Labute approximate surface area is 122 Å². The van der Waals surface area contributed by atoms with E-state index in [1.807, 2.05) is 7.05 Å². The van der Waals surface area contributed by atoms with Gasteiger partial charge in [-0.1, -0.05) is 45.8 Å². The highest BCUT2D eigenvalue weighted by atomic mass is 32.1. The molecule has 0 atom stereocenters. The first kappa shape index (κ1) is 16.4. The molecule has 0 heterocycles. The molecule has 0 bridgehead atoms. The van der Waals surface area contributed by atoms with Crippen molar-refractivity contribution in [2.75, 3.05) is 18.5 Å². The van der Waals surface area contributed by atoms with Gasteiger partial charge in [-0.25, -0.2) is 0 Å². The van der Waals surface area contributed by atoms with Crippen molar-refractivity contribution < 1.29 is 0 Å². The molecule has 1 aromatic carbocycles. The van der Waals surface area contributed by atoms with Crippen molar-refractivity contribution >= 4 is 17.9 Å². The van der Waals surface area contributed by atoms with E-state index in [0.717, 1.165) is 30.6 Å². The zero-order chi connectivity index (χ0) is 14.6. The maximum Gasteiger partial charge on any atom is 0.204 e. The molecule has 0 fully saturated rings. The quantitative estimate of drug-likeness (QED) is 0.550. The van der Waals surface area contributed by atoms with Crippen LogP contribution < -0.4 is 10.3 Å². The fourth-order valence-electron chi connectivity index (χ4n) is 2.35. The van der Waals surface area contributed by atoms with Crippen LogP contribution in [0.3, 0.4) is 0 Å². The summed E-state index contributed by atoms with van der Waals surface area (Å²) in [5, 5.41) is 0. The van der Waals surface area contributed by atoms with E-state index in [-0.39, 0.29) is 5.43 Å². The molecule has 0 spiro atoms. The Morgan fingerprint density at radius 3 is 2.32 bits per heavy atom. The van der Waals surface area contributed by atoms with Crippen molar-refractivity contribution in [2.45, 2.75) is 59.8 Å². The van der Waals surface area contributed by atoms with Crippen molar-refractivity contribution in [3.8, 4) is 0 Å². The molecule has 1 rings (SSSR count). The molecule has 0 amide bonds. The second kappa shape index (κ2) is 6.65. The summed E-state index contributed by atoms with van der Waals surface area (Å²) >= 11 is 5.15. The van der Waals surface area contributed by atoms with Crippen LogP contribution >= 0.6 is 12.2 Å². The van der Waals surface area contributed by atoms with E-state index in [4.69, 9.17) is 12.2 Å². The Morgan fingerprint density at radius 1 is 1.16 bits per heavy atom. The molecule has 19 heavy (non-hydrogen) atoms. The SMILES string of the molecule is CCN(C)c1c(CCCCCC(C)(C)C)c(=O)c1=S. The summed E-state index contributed by atoms with van der Waals surface area (Å²) in [7, 11) is 2.01. The second-order valence-corrected chi connectivity index (χ2v) is 7.03. The monoisotopic (exact) mass is 281 g/mol. The fourth-order valence-corrected chi connectivity index (χ4v) is 2.76. The smallest absolute Gasteiger partial charge is 0.204 e. The van der Waals surface area contributed by atoms with Gasteiger partial charge < -0.3 is 4.90 Å². The molecular formula is C16H27NOS. The summed E-state index contributed by atoms with van der Waals surface area (Å²) in [6.07, 6.45) is 5.68. The lowest BCUT2D eigenvalue weighted by Gasteiger charge is -2.23. The predicted molar refractivity (Wildman–Crippen MR) is 86.5 cm³/mol. The number of hydrogen-bond donors (Lipinski definition) is 0. The van der Waals surface area contributed by atoms with E-state index in [1.165, 1.54) is 19.3 Å². The second-order valence-electron chi connectivity index (χ2n) is 6.62. The molecule has 0 saturated carbocycles. The van der Waals surface area contributed by atoms with Crippen LogP contribution in [-0.4, -0.2) is 13.6 Å². The van der Waals surface area contributed by atoms with Gasteiger partial charge in [-0.05, 0) is 31.6 Å². The van der Waals surface area contributed by atoms with E-state index in [1.54, 1.807) is 0 Å². The fraction of sp³-hybridized carbons (Fsp3) is 0.750. The molecule has 108 valence electrons. The van der Waals surface area contributed by atoms with Crippen molar-refractivity contribution in [1.29, 1.82) is 0 Å². The summed E-state index contributed by atoms with van der Waals surface area (Å²) in [5.41, 5.74) is 2.52. The zero-order valence-corrected chi connectivity index (χ0v) is 13.8. The molecule has 0 N–H and O–H groups in total. The van der Waals surface area contributed by atoms with Crippen LogP contribution in [0.15, 0.2) is 4.79 Å². The average Bonchev–Trinajstić information content (AvgIpc) is 2.34. The van der Waals surface area contributed by atoms with Crippen LogP contribution in [-0.2, 0) is 6.42 Å². The number of nitrogens with zero attached hydrogens (tertiary/aromatic N) is 1. The van der Waals surface area contributed by atoms with Crippen molar-refractivity contribution in [2.24, 2.45) is 5.41 Å². The van der Waals surface area contributed by atoms with Gasteiger partial charge in [0.05, 0.1) is 5.69 Å². The van der Waals surface area contributed by atoms with Gasteiger partial charge in [0, 0.05) is 19.2 Å². The lowest BCUT2D eigenvalue weighted by atomic mass is 9.89. The topological polar surface area (TPSA) is 20.3 Å². The highest BCUT2D eigenvalue weighted by Crippen LogP contribution is 2.25. The molecule has 2 nitrogen and oxygen atoms in total. The minimum atomic E-state index is 0.112. The number of unbranched alkanes of at least 4 members (excludes halogenated alkanes) is 2. The highest BCUT2D eigenvalue weighted by Gasteiger charge is 2.19. The van der Waals surface area contributed by atoms with Crippen LogP contribution in [0.4, 0.5) is 5.69 Å². The van der Waals surface area contributed by atoms with Gasteiger partial charge in [0.25, 0.3) is 0 Å². The van der Waals surface area contributed by atoms with E-state index >= 15 is 0 Å². The van der Waals surface area contributed by atoms with Gasteiger partial charge in [0.1, 0.15) is 4.51 Å². The zero-order valence-electron chi connectivity index (χ0n) is 13.0. The van der Waals surface area contributed by atoms with Gasteiger partial charge in [-0.3, -0.25) is 4.79 Å². The van der Waals surface area contributed by atoms with Crippen LogP contribution in [0.2, 0.25) is 0 Å². The minimum absolute atomic E-state index is 0.112. The Bertz CT molecular complexity index is 477. The summed E-state index contributed by atoms with van der Waals surface area (Å²) in [4.78, 5) is 13.9. The molecule has 0 saturated heterocycles. The number of rotatable bonds is 7. The minimum Gasteiger partial charge on any atom is -0.373 e. The Balaban J connectivity index is 2.45. The third-order valence-corrected chi connectivity index (χ3v) is 4.07. The molecule has 0 radical (unpaired) electrons. The van der Waals surface area contributed by atoms with Crippen LogP contribution in [0.5, 0.6) is 0 Å². The Morgan fingerprint density at radius 2 is 1.79 bits per heavy atom. The van der Waals surface area contributed by atoms with E-state index in [9.17, 15) is 4.79 Å². The van der Waals surface area contributed by atoms with Gasteiger partial charge >= 0.3 is 0 Å². The van der Waals surface area contributed by atoms with Crippen molar-refractivity contribution in [3.05, 3.63) is 20.3 Å². The molecule has 1 aromatic rings. The van der Waals surface area contributed by atoms with Crippen molar-refractivity contribution in [1.82, 2.24) is 0 Å². The normalized spacial score (nSPS) is 12.1. The van der Waals surface area contributed by atoms with Gasteiger partial charge in [-0.15, -0.1) is 0 Å². The van der Waals surface area contributed by atoms with Crippen LogP contribution in [0.25, 0.3) is 0 Å². The summed E-state index contributed by atoms with van der Waals surface area (Å²) in [6.45, 7) is 9.81. The number of hydrogen-bond acceptors (Lipinski definition) is 3. The lowest BCUT2D eigenvalue weighted by molar-refractivity contribution is 0.358. The van der Waals surface area contributed by atoms with Crippen molar-refractivity contribution in [3.63, 3.8) is 0 Å². The highest BCUT2D eigenvalue weighted by molar-refractivity contribution is 7.71. The predicted octanol–water partition coefficient (Wildman–Crippen LogP) is 4.26. The van der Waals surface area contributed by atoms with Gasteiger partial charge in [-0.2, -0.15) is 0 Å². The van der Waals surface area contributed by atoms with Gasteiger partial charge in [0.2, 0.25) is 5.43 Å². The lowest BCUT2D eigenvalue weighted by Crippen LogP contribution is -2.28. The maximum absolute atomic E-state index is 11.8. The summed E-state index contributed by atoms with van der Waals surface area (Å²) < 4.78 is 0.536. The first-order valence-corrected chi connectivity index (χ1v) is 7.72. The molecule has 0 unspecified atom stereocenters. The summed E-state index contributed by atoms with van der Waals surface area (Å²) in [5.74, 6) is 0. The third kappa shape index (κ3) is 4.41. The largest absolute Gasteiger partial charge is 0.373 e. The first-order valence-electron chi connectivity index (χ1n) is 7.31. The standard InChI is InChI=1S/C16H27NOS/c1-6-17(5)13-12(14(18)15(13)19)10-8-7-9-11-16(2,3)4/h6-11H2,1-5H3. The molecule has 0 aliphatic carbocycles. The van der Waals surface area contributed by atoms with E-state index in [0.29, 0.717) is 9.93 Å². The molecule has 0 aromatic heterocycles. The number of anilines is 1. The first-order chi connectivity index (χ1) is 8.78. The third-order valence-electron chi connectivity index (χ3n) is 3.69. The molecular weight excluding hydrogens is 254 g/mol. The van der Waals surface area contributed by atoms with E-state index in [2.05, 4.69) is 32.6 Å².